The highest BCUT2D eigenvalue weighted by Gasteiger charge is 2.05. The van der Waals surface area contributed by atoms with Crippen molar-refractivity contribution in [3.05, 3.63) is 42.5 Å². The lowest BCUT2D eigenvalue weighted by atomic mass is 10.1. The molecule has 0 saturated carbocycles. The first-order chi connectivity index (χ1) is 7.69. The van der Waals surface area contributed by atoms with Gasteiger partial charge in [-0.25, -0.2) is 0 Å². The third-order valence-electron chi connectivity index (χ3n) is 2.62. The fourth-order valence-electron chi connectivity index (χ4n) is 1.62. The van der Waals surface area contributed by atoms with Gasteiger partial charge in [0.05, 0.1) is 6.04 Å². The molecule has 1 unspecified atom stereocenters. The van der Waals surface area contributed by atoms with Gasteiger partial charge in [-0.2, -0.15) is 0 Å². The molecular formula is C14H22N2. The molecule has 1 atom stereocenters. The lowest BCUT2D eigenvalue weighted by molar-refractivity contribution is 0.613. The Labute approximate surface area is 99.0 Å². The van der Waals surface area contributed by atoms with Crippen molar-refractivity contribution in [3.8, 4) is 0 Å². The van der Waals surface area contributed by atoms with Gasteiger partial charge in [0.2, 0.25) is 0 Å². The SMILES string of the molecule is C=CC(NCCC)c1ccc(N(C)C)cc1. The first-order valence-corrected chi connectivity index (χ1v) is 5.82. The van der Waals surface area contributed by atoms with E-state index < -0.39 is 0 Å². The Balaban J connectivity index is 2.74. The van der Waals surface area contributed by atoms with Crippen LogP contribution in [0.15, 0.2) is 36.9 Å². The van der Waals surface area contributed by atoms with Crippen LogP contribution in [0.2, 0.25) is 0 Å². The largest absolute Gasteiger partial charge is 0.378 e. The van der Waals surface area contributed by atoms with Crippen LogP contribution < -0.4 is 10.2 Å². The molecule has 0 fully saturated rings. The van der Waals surface area contributed by atoms with Crippen LogP contribution in [-0.4, -0.2) is 20.6 Å². The number of benzene rings is 1. The molecule has 0 amide bonds. The Kier molecular flexibility index (Phi) is 5.06. The van der Waals surface area contributed by atoms with Crippen LogP contribution in [0.5, 0.6) is 0 Å². The van der Waals surface area contributed by atoms with Gasteiger partial charge < -0.3 is 10.2 Å². The molecule has 0 bridgehead atoms. The fraction of sp³-hybridized carbons (Fsp3) is 0.429. The smallest absolute Gasteiger partial charge is 0.0503 e. The van der Waals surface area contributed by atoms with Crippen molar-refractivity contribution in [2.24, 2.45) is 0 Å². The quantitative estimate of drug-likeness (QED) is 0.738. The number of nitrogens with one attached hydrogen (secondary N) is 1. The number of hydrogen-bond donors (Lipinski definition) is 1. The fourth-order valence-corrected chi connectivity index (χ4v) is 1.62. The highest BCUT2D eigenvalue weighted by molar-refractivity contribution is 5.46. The summed E-state index contributed by atoms with van der Waals surface area (Å²) in [6, 6.07) is 8.85. The number of anilines is 1. The van der Waals surface area contributed by atoms with Crippen LogP contribution in [0.1, 0.15) is 24.9 Å². The molecule has 1 aromatic carbocycles. The van der Waals surface area contributed by atoms with Gasteiger partial charge >= 0.3 is 0 Å². The number of hydrogen-bond acceptors (Lipinski definition) is 2. The van der Waals surface area contributed by atoms with E-state index in [0.29, 0.717) is 0 Å². The zero-order valence-corrected chi connectivity index (χ0v) is 10.5. The maximum absolute atomic E-state index is 3.87. The molecule has 1 rings (SSSR count). The van der Waals surface area contributed by atoms with Crippen molar-refractivity contribution in [1.29, 1.82) is 0 Å². The zero-order valence-electron chi connectivity index (χ0n) is 10.5. The van der Waals surface area contributed by atoms with Crippen molar-refractivity contribution >= 4 is 5.69 Å². The summed E-state index contributed by atoms with van der Waals surface area (Å²) in [5.41, 5.74) is 2.50. The standard InChI is InChI=1S/C14H22N2/c1-5-11-15-14(6-2)12-7-9-13(10-8-12)16(3)4/h6-10,14-15H,2,5,11H2,1,3-4H3. The van der Waals surface area contributed by atoms with Gasteiger partial charge in [-0.3, -0.25) is 0 Å². The van der Waals surface area contributed by atoms with Gasteiger partial charge in [-0.15, -0.1) is 6.58 Å². The Bertz CT molecular complexity index is 314. The van der Waals surface area contributed by atoms with Gasteiger partial charge in [0, 0.05) is 19.8 Å². The van der Waals surface area contributed by atoms with E-state index in [1.165, 1.54) is 11.3 Å². The minimum atomic E-state index is 0.260. The van der Waals surface area contributed by atoms with Crippen molar-refractivity contribution in [2.45, 2.75) is 19.4 Å². The Morgan fingerprint density at radius 2 is 1.94 bits per heavy atom. The molecule has 1 N–H and O–H groups in total. The lowest BCUT2D eigenvalue weighted by Gasteiger charge is -2.17. The van der Waals surface area contributed by atoms with E-state index >= 15 is 0 Å². The molecule has 0 spiro atoms. The Morgan fingerprint density at radius 3 is 2.38 bits per heavy atom. The second-order valence-electron chi connectivity index (χ2n) is 4.15. The molecule has 1 aromatic rings. The summed E-state index contributed by atoms with van der Waals surface area (Å²) < 4.78 is 0. The molecule has 0 radical (unpaired) electrons. The van der Waals surface area contributed by atoms with Crippen LogP contribution in [0.3, 0.4) is 0 Å². The third kappa shape index (κ3) is 3.38. The average molecular weight is 218 g/mol. The van der Waals surface area contributed by atoms with Crippen LogP contribution in [-0.2, 0) is 0 Å². The normalized spacial score (nSPS) is 12.2. The summed E-state index contributed by atoms with van der Waals surface area (Å²) in [5.74, 6) is 0. The molecule has 0 saturated heterocycles. The minimum absolute atomic E-state index is 0.260. The van der Waals surface area contributed by atoms with Gasteiger partial charge in [-0.05, 0) is 30.7 Å². The van der Waals surface area contributed by atoms with Crippen LogP contribution in [0, 0.1) is 0 Å². The topological polar surface area (TPSA) is 15.3 Å². The van der Waals surface area contributed by atoms with Crippen molar-refractivity contribution < 1.29 is 0 Å². The summed E-state index contributed by atoms with van der Waals surface area (Å²) in [6.07, 6.45) is 3.10. The predicted molar refractivity (Wildman–Crippen MR) is 72.0 cm³/mol. The monoisotopic (exact) mass is 218 g/mol. The summed E-state index contributed by atoms with van der Waals surface area (Å²) in [5, 5.41) is 3.45. The van der Waals surface area contributed by atoms with Crippen molar-refractivity contribution in [3.63, 3.8) is 0 Å². The van der Waals surface area contributed by atoms with E-state index in [1.807, 2.05) is 6.08 Å². The molecule has 2 heteroatoms. The van der Waals surface area contributed by atoms with Gasteiger partial charge in [0.1, 0.15) is 0 Å². The zero-order chi connectivity index (χ0) is 12.0. The Hall–Kier alpha value is -1.28. The highest BCUT2D eigenvalue weighted by Crippen LogP contribution is 2.18. The summed E-state index contributed by atoms with van der Waals surface area (Å²) in [7, 11) is 4.10. The van der Waals surface area contributed by atoms with E-state index in [-0.39, 0.29) is 6.04 Å². The molecule has 2 nitrogen and oxygen atoms in total. The molecule has 88 valence electrons. The lowest BCUT2D eigenvalue weighted by Crippen LogP contribution is -2.20. The van der Waals surface area contributed by atoms with Crippen LogP contribution in [0.25, 0.3) is 0 Å². The minimum Gasteiger partial charge on any atom is -0.378 e. The first kappa shape index (κ1) is 12.8. The van der Waals surface area contributed by atoms with Gasteiger partial charge in [-0.1, -0.05) is 25.1 Å². The molecule has 0 aliphatic rings. The second kappa shape index (κ2) is 6.33. The molecule has 16 heavy (non-hydrogen) atoms. The maximum atomic E-state index is 3.87. The second-order valence-corrected chi connectivity index (χ2v) is 4.15. The average Bonchev–Trinajstić information content (AvgIpc) is 2.30. The van der Waals surface area contributed by atoms with E-state index in [0.717, 1.165) is 13.0 Å². The first-order valence-electron chi connectivity index (χ1n) is 5.82. The van der Waals surface area contributed by atoms with Gasteiger partial charge in [0.15, 0.2) is 0 Å². The third-order valence-corrected chi connectivity index (χ3v) is 2.62. The molecule has 0 aromatic heterocycles. The maximum Gasteiger partial charge on any atom is 0.0503 e. The molecule has 0 aliphatic heterocycles. The van der Waals surface area contributed by atoms with Crippen molar-refractivity contribution in [1.82, 2.24) is 5.32 Å². The molecular weight excluding hydrogens is 196 g/mol. The number of nitrogens with zero attached hydrogens (tertiary/aromatic N) is 1. The van der Waals surface area contributed by atoms with E-state index in [2.05, 4.69) is 62.1 Å². The van der Waals surface area contributed by atoms with E-state index in [1.54, 1.807) is 0 Å². The summed E-state index contributed by atoms with van der Waals surface area (Å²) in [4.78, 5) is 2.10. The molecule has 0 heterocycles. The van der Waals surface area contributed by atoms with Crippen LogP contribution in [0.4, 0.5) is 5.69 Å². The van der Waals surface area contributed by atoms with Crippen LogP contribution >= 0.6 is 0 Å². The van der Waals surface area contributed by atoms with E-state index in [4.69, 9.17) is 0 Å². The summed E-state index contributed by atoms with van der Waals surface area (Å²) in [6.45, 7) is 7.06. The Morgan fingerprint density at radius 1 is 1.31 bits per heavy atom. The van der Waals surface area contributed by atoms with E-state index in [9.17, 15) is 0 Å². The highest BCUT2D eigenvalue weighted by atomic mass is 15.1. The number of rotatable bonds is 6. The molecule has 0 aliphatic carbocycles. The predicted octanol–water partition coefficient (Wildman–Crippen LogP) is 2.98. The summed E-state index contributed by atoms with van der Waals surface area (Å²) >= 11 is 0. The van der Waals surface area contributed by atoms with Crippen molar-refractivity contribution in [2.75, 3.05) is 25.5 Å². The van der Waals surface area contributed by atoms with Gasteiger partial charge in [0.25, 0.3) is 0 Å².